The summed E-state index contributed by atoms with van der Waals surface area (Å²) in [6.07, 6.45) is 0.902. The summed E-state index contributed by atoms with van der Waals surface area (Å²) < 4.78 is 5.32. The van der Waals surface area contributed by atoms with Crippen molar-refractivity contribution >= 4 is 5.82 Å². The maximum Gasteiger partial charge on any atom is 0.318 e. The number of aryl methyl sites for hydroxylation is 2. The minimum atomic E-state index is -0.569. The maximum absolute atomic E-state index is 9.46. The average molecular weight is 401 g/mol. The van der Waals surface area contributed by atoms with Crippen molar-refractivity contribution < 1.29 is 4.74 Å². The lowest BCUT2D eigenvalue weighted by atomic mass is 9.85. The Bertz CT molecular complexity index is 1080. The van der Waals surface area contributed by atoms with Crippen molar-refractivity contribution in [3.05, 3.63) is 70.8 Å². The second-order valence-electron chi connectivity index (χ2n) is 8.05. The van der Waals surface area contributed by atoms with Gasteiger partial charge in [-0.25, -0.2) is 0 Å². The SMILES string of the molecule is COc1nc(NCCc2ccc(C)cc2C)cc(-c2cccc(C(C)(C)C#N)c2)n1. The number of hydrogen-bond acceptors (Lipinski definition) is 5. The van der Waals surface area contributed by atoms with Gasteiger partial charge in [-0.2, -0.15) is 15.2 Å². The molecule has 30 heavy (non-hydrogen) atoms. The summed E-state index contributed by atoms with van der Waals surface area (Å²) >= 11 is 0. The van der Waals surface area contributed by atoms with Crippen molar-refractivity contribution in [2.24, 2.45) is 0 Å². The van der Waals surface area contributed by atoms with Crippen molar-refractivity contribution in [2.45, 2.75) is 39.5 Å². The van der Waals surface area contributed by atoms with Gasteiger partial charge in [0.25, 0.3) is 0 Å². The van der Waals surface area contributed by atoms with Crippen molar-refractivity contribution in [2.75, 3.05) is 19.0 Å². The standard InChI is InChI=1S/C25H28N4O/c1-17-9-10-19(18(2)13-17)11-12-27-23-15-22(28-24(29-23)30-5)20-7-6-8-21(14-20)25(3,4)16-26/h6-10,13-15H,11-12H2,1-5H3,(H,27,28,29). The molecular formula is C25H28N4O. The third-order valence-corrected chi connectivity index (χ3v) is 5.25. The first-order valence-electron chi connectivity index (χ1n) is 10.1. The van der Waals surface area contributed by atoms with E-state index in [9.17, 15) is 5.26 Å². The van der Waals surface area contributed by atoms with Gasteiger partial charge in [-0.15, -0.1) is 0 Å². The molecular weight excluding hydrogens is 372 g/mol. The Morgan fingerprint density at radius 3 is 2.57 bits per heavy atom. The molecule has 1 N–H and O–H groups in total. The fraction of sp³-hybridized carbons (Fsp3) is 0.320. The molecule has 0 unspecified atom stereocenters. The van der Waals surface area contributed by atoms with Gasteiger partial charge in [0.05, 0.1) is 24.3 Å². The number of anilines is 1. The van der Waals surface area contributed by atoms with Crippen LogP contribution in [0.4, 0.5) is 5.82 Å². The Labute approximate surface area is 178 Å². The number of benzene rings is 2. The highest BCUT2D eigenvalue weighted by Gasteiger charge is 2.20. The zero-order chi connectivity index (χ0) is 21.7. The third kappa shape index (κ3) is 4.96. The van der Waals surface area contributed by atoms with Crippen LogP contribution in [-0.2, 0) is 11.8 Å². The van der Waals surface area contributed by atoms with Crippen LogP contribution < -0.4 is 10.1 Å². The predicted molar refractivity (Wildman–Crippen MR) is 121 cm³/mol. The molecule has 0 saturated heterocycles. The molecule has 3 aromatic rings. The summed E-state index contributed by atoms with van der Waals surface area (Å²) in [6.45, 7) is 8.82. The van der Waals surface area contributed by atoms with Crippen molar-refractivity contribution in [1.82, 2.24) is 9.97 Å². The molecule has 0 saturated carbocycles. The molecule has 0 spiro atoms. The van der Waals surface area contributed by atoms with E-state index < -0.39 is 5.41 Å². The van der Waals surface area contributed by atoms with Crippen LogP contribution in [-0.4, -0.2) is 23.6 Å². The van der Waals surface area contributed by atoms with Crippen molar-refractivity contribution in [1.29, 1.82) is 5.26 Å². The molecule has 1 heterocycles. The minimum absolute atomic E-state index is 0.312. The minimum Gasteiger partial charge on any atom is -0.467 e. The van der Waals surface area contributed by atoms with Gasteiger partial charge >= 0.3 is 6.01 Å². The van der Waals surface area contributed by atoms with Gasteiger partial charge in [0.1, 0.15) is 5.82 Å². The van der Waals surface area contributed by atoms with Crippen LogP contribution in [0.2, 0.25) is 0 Å². The van der Waals surface area contributed by atoms with Crippen LogP contribution >= 0.6 is 0 Å². The molecule has 2 aromatic carbocycles. The molecule has 0 atom stereocenters. The zero-order valence-electron chi connectivity index (χ0n) is 18.3. The lowest BCUT2D eigenvalue weighted by Crippen LogP contribution is -2.13. The van der Waals surface area contributed by atoms with Crippen LogP contribution in [0, 0.1) is 25.2 Å². The predicted octanol–water partition coefficient (Wildman–Crippen LogP) is 5.22. The second kappa shape index (κ2) is 8.96. The van der Waals surface area contributed by atoms with Gasteiger partial charge < -0.3 is 10.1 Å². The smallest absolute Gasteiger partial charge is 0.318 e. The van der Waals surface area contributed by atoms with E-state index in [4.69, 9.17) is 4.74 Å². The highest BCUT2D eigenvalue weighted by molar-refractivity contribution is 5.64. The molecule has 0 aliphatic heterocycles. The fourth-order valence-corrected chi connectivity index (χ4v) is 3.34. The lowest BCUT2D eigenvalue weighted by molar-refractivity contribution is 0.381. The molecule has 154 valence electrons. The monoisotopic (exact) mass is 400 g/mol. The van der Waals surface area contributed by atoms with E-state index in [0.29, 0.717) is 11.8 Å². The summed E-state index contributed by atoms with van der Waals surface area (Å²) in [6, 6.07) is 19.0. The Hall–Kier alpha value is -3.39. The van der Waals surface area contributed by atoms with Gasteiger partial charge in [-0.3, -0.25) is 0 Å². The first-order chi connectivity index (χ1) is 14.3. The highest BCUT2D eigenvalue weighted by atomic mass is 16.5. The van der Waals surface area contributed by atoms with Gasteiger partial charge in [0.15, 0.2) is 0 Å². The molecule has 0 aliphatic carbocycles. The highest BCUT2D eigenvalue weighted by Crippen LogP contribution is 2.28. The van der Waals surface area contributed by atoms with Crippen LogP contribution in [0.15, 0.2) is 48.5 Å². The molecule has 5 heteroatoms. The number of methoxy groups -OCH3 is 1. The molecule has 0 amide bonds. The van der Waals surface area contributed by atoms with E-state index in [0.717, 1.165) is 29.8 Å². The molecule has 5 nitrogen and oxygen atoms in total. The van der Waals surface area contributed by atoms with E-state index in [1.54, 1.807) is 7.11 Å². The molecule has 3 rings (SSSR count). The van der Waals surface area contributed by atoms with Crippen molar-refractivity contribution in [3.8, 4) is 23.3 Å². The third-order valence-electron chi connectivity index (χ3n) is 5.25. The van der Waals surface area contributed by atoms with Gasteiger partial charge in [-0.1, -0.05) is 42.0 Å². The Morgan fingerprint density at radius 2 is 1.87 bits per heavy atom. The van der Waals surface area contributed by atoms with E-state index in [1.807, 2.05) is 44.2 Å². The number of nitriles is 1. The summed E-state index contributed by atoms with van der Waals surface area (Å²) in [5, 5.41) is 12.8. The number of hydrogen-bond donors (Lipinski definition) is 1. The quantitative estimate of drug-likeness (QED) is 0.588. The normalized spacial score (nSPS) is 11.1. The van der Waals surface area contributed by atoms with E-state index in [1.165, 1.54) is 16.7 Å². The van der Waals surface area contributed by atoms with Crippen LogP contribution in [0.3, 0.4) is 0 Å². The number of rotatable bonds is 7. The van der Waals surface area contributed by atoms with E-state index >= 15 is 0 Å². The molecule has 1 aromatic heterocycles. The summed E-state index contributed by atoms with van der Waals surface area (Å²) in [5.74, 6) is 0.714. The lowest BCUT2D eigenvalue weighted by Gasteiger charge is -2.17. The zero-order valence-corrected chi connectivity index (χ0v) is 18.3. The molecule has 0 radical (unpaired) electrons. The van der Waals surface area contributed by atoms with Gasteiger partial charge in [0.2, 0.25) is 0 Å². The first-order valence-corrected chi connectivity index (χ1v) is 10.1. The van der Waals surface area contributed by atoms with Gasteiger partial charge in [-0.05, 0) is 56.9 Å². The molecule has 0 bridgehead atoms. The summed E-state index contributed by atoms with van der Waals surface area (Å²) in [5.41, 5.74) is 5.96. The van der Waals surface area contributed by atoms with Crippen LogP contribution in [0.1, 0.15) is 36.1 Å². The Balaban J connectivity index is 1.82. The second-order valence-corrected chi connectivity index (χ2v) is 8.05. The van der Waals surface area contributed by atoms with E-state index in [2.05, 4.69) is 53.4 Å². The van der Waals surface area contributed by atoms with Crippen LogP contribution in [0.5, 0.6) is 6.01 Å². The Morgan fingerprint density at radius 1 is 1.07 bits per heavy atom. The fourth-order valence-electron chi connectivity index (χ4n) is 3.34. The summed E-state index contributed by atoms with van der Waals surface area (Å²) in [7, 11) is 1.56. The molecule has 0 aliphatic rings. The number of nitrogens with zero attached hydrogens (tertiary/aromatic N) is 3. The first kappa shape index (κ1) is 21.3. The largest absolute Gasteiger partial charge is 0.467 e. The van der Waals surface area contributed by atoms with E-state index in [-0.39, 0.29) is 0 Å². The number of aromatic nitrogens is 2. The Kier molecular flexibility index (Phi) is 6.37. The topological polar surface area (TPSA) is 70.8 Å². The number of ether oxygens (including phenoxy) is 1. The van der Waals surface area contributed by atoms with Gasteiger partial charge in [0, 0.05) is 18.2 Å². The summed E-state index contributed by atoms with van der Waals surface area (Å²) in [4.78, 5) is 8.94. The maximum atomic E-state index is 9.46. The average Bonchev–Trinajstić information content (AvgIpc) is 2.75. The van der Waals surface area contributed by atoms with Crippen LogP contribution in [0.25, 0.3) is 11.3 Å². The van der Waals surface area contributed by atoms with Crippen molar-refractivity contribution in [3.63, 3.8) is 0 Å². The number of nitrogens with one attached hydrogen (secondary N) is 1. The molecule has 0 fully saturated rings.